The lowest BCUT2D eigenvalue weighted by atomic mass is 10.1. The Bertz CT molecular complexity index is 782. The minimum Gasteiger partial charge on any atom is -0.496 e. The van der Waals surface area contributed by atoms with Crippen LogP contribution in [0.25, 0.3) is 0 Å². The standard InChI is InChI=1S/C16H21ClN6O/c1-8-5-20-11(9(2)13(8)24-3)7-23-6-10(4-18)12-14(17)21-16(19)22-15(12)23/h5,10H,4,6-7,18H2,1-3H3,(H2,19,21,22)/t10-/m0/s1. The highest BCUT2D eigenvalue weighted by Crippen LogP contribution is 2.39. The van der Waals surface area contributed by atoms with Crippen LogP contribution in [-0.2, 0) is 6.54 Å². The van der Waals surface area contributed by atoms with Gasteiger partial charge in [-0.15, -0.1) is 0 Å². The van der Waals surface area contributed by atoms with Crippen LogP contribution in [0.5, 0.6) is 5.75 Å². The van der Waals surface area contributed by atoms with Crippen LogP contribution in [0.3, 0.4) is 0 Å². The molecule has 0 fully saturated rings. The minimum atomic E-state index is 0.0840. The number of ether oxygens (including phenoxy) is 1. The summed E-state index contributed by atoms with van der Waals surface area (Å²) in [5, 5.41) is 0.376. The van der Waals surface area contributed by atoms with Gasteiger partial charge in [-0.1, -0.05) is 11.6 Å². The number of nitrogens with zero attached hydrogens (tertiary/aromatic N) is 4. The number of anilines is 2. The SMILES string of the molecule is COc1c(C)cnc(CN2C[C@H](CN)c3c(Cl)nc(N)nc32)c1C. The van der Waals surface area contributed by atoms with Crippen LogP contribution in [0.1, 0.15) is 28.3 Å². The first-order valence-electron chi connectivity index (χ1n) is 7.73. The number of hydrogen-bond acceptors (Lipinski definition) is 7. The number of nitrogen functional groups attached to an aromatic ring is 1. The van der Waals surface area contributed by atoms with Crippen molar-refractivity contribution >= 4 is 23.4 Å². The molecule has 0 saturated heterocycles. The molecule has 7 nitrogen and oxygen atoms in total. The van der Waals surface area contributed by atoms with E-state index < -0.39 is 0 Å². The van der Waals surface area contributed by atoms with Crippen molar-refractivity contribution in [1.82, 2.24) is 15.0 Å². The lowest BCUT2D eigenvalue weighted by Crippen LogP contribution is -2.25. The van der Waals surface area contributed by atoms with E-state index in [0.717, 1.165) is 34.0 Å². The molecule has 2 aromatic heterocycles. The first kappa shape index (κ1) is 16.7. The van der Waals surface area contributed by atoms with E-state index in [2.05, 4.69) is 19.9 Å². The number of fused-ring (bicyclic) bond motifs is 1. The molecule has 0 aromatic carbocycles. The number of halogens is 1. The molecule has 1 aliphatic heterocycles. The lowest BCUT2D eigenvalue weighted by molar-refractivity contribution is 0.406. The van der Waals surface area contributed by atoms with E-state index in [1.165, 1.54) is 0 Å². The Morgan fingerprint density at radius 1 is 1.38 bits per heavy atom. The molecule has 2 aromatic rings. The van der Waals surface area contributed by atoms with Crippen molar-refractivity contribution in [3.05, 3.63) is 33.7 Å². The summed E-state index contributed by atoms with van der Waals surface area (Å²) in [6.45, 7) is 5.75. The van der Waals surface area contributed by atoms with Crippen molar-refractivity contribution < 1.29 is 4.74 Å². The van der Waals surface area contributed by atoms with Crippen molar-refractivity contribution in [2.75, 3.05) is 30.8 Å². The number of aromatic nitrogens is 3. The van der Waals surface area contributed by atoms with Crippen LogP contribution in [0.15, 0.2) is 6.20 Å². The smallest absolute Gasteiger partial charge is 0.223 e. The molecule has 0 spiro atoms. The van der Waals surface area contributed by atoms with Crippen LogP contribution in [-0.4, -0.2) is 35.2 Å². The molecule has 3 rings (SSSR count). The van der Waals surface area contributed by atoms with E-state index in [9.17, 15) is 0 Å². The van der Waals surface area contributed by atoms with E-state index in [1.54, 1.807) is 7.11 Å². The zero-order chi connectivity index (χ0) is 17.4. The average Bonchev–Trinajstić information content (AvgIpc) is 2.88. The van der Waals surface area contributed by atoms with Gasteiger partial charge in [0, 0.05) is 41.9 Å². The van der Waals surface area contributed by atoms with E-state index >= 15 is 0 Å². The summed E-state index contributed by atoms with van der Waals surface area (Å²) in [4.78, 5) is 15.1. The molecule has 1 atom stereocenters. The Labute approximate surface area is 146 Å². The number of hydrogen-bond donors (Lipinski definition) is 2. The second kappa shape index (κ2) is 6.41. The van der Waals surface area contributed by atoms with E-state index in [4.69, 9.17) is 27.8 Å². The molecule has 128 valence electrons. The number of nitrogens with two attached hydrogens (primary N) is 2. The van der Waals surface area contributed by atoms with Gasteiger partial charge in [0.1, 0.15) is 16.7 Å². The molecule has 0 aliphatic carbocycles. The summed E-state index contributed by atoms with van der Waals surface area (Å²) < 4.78 is 5.49. The van der Waals surface area contributed by atoms with Gasteiger partial charge in [0.05, 0.1) is 19.3 Å². The zero-order valence-corrected chi connectivity index (χ0v) is 14.8. The highest BCUT2D eigenvalue weighted by Gasteiger charge is 2.33. The first-order valence-corrected chi connectivity index (χ1v) is 8.11. The van der Waals surface area contributed by atoms with Gasteiger partial charge in [-0.05, 0) is 13.8 Å². The molecule has 0 radical (unpaired) electrons. The van der Waals surface area contributed by atoms with Crippen molar-refractivity contribution in [3.8, 4) is 5.75 Å². The summed E-state index contributed by atoms with van der Waals surface area (Å²) in [5.41, 5.74) is 15.5. The Hall–Kier alpha value is -2.12. The van der Waals surface area contributed by atoms with Gasteiger partial charge in [0.15, 0.2) is 0 Å². The van der Waals surface area contributed by atoms with Crippen molar-refractivity contribution in [1.29, 1.82) is 0 Å². The molecule has 8 heteroatoms. The molecule has 3 heterocycles. The number of rotatable bonds is 4. The van der Waals surface area contributed by atoms with Gasteiger partial charge in [0.25, 0.3) is 0 Å². The molecule has 24 heavy (non-hydrogen) atoms. The average molecular weight is 349 g/mol. The maximum Gasteiger partial charge on any atom is 0.223 e. The second-order valence-electron chi connectivity index (χ2n) is 5.97. The lowest BCUT2D eigenvalue weighted by Gasteiger charge is -2.21. The predicted molar refractivity (Wildman–Crippen MR) is 94.6 cm³/mol. The van der Waals surface area contributed by atoms with Crippen molar-refractivity contribution in [2.24, 2.45) is 5.73 Å². The second-order valence-corrected chi connectivity index (χ2v) is 6.33. The fourth-order valence-electron chi connectivity index (χ4n) is 3.23. The van der Waals surface area contributed by atoms with Crippen LogP contribution in [0.2, 0.25) is 5.15 Å². The summed E-state index contributed by atoms with van der Waals surface area (Å²) in [5.74, 6) is 1.84. The molecule has 4 N–H and O–H groups in total. The van der Waals surface area contributed by atoms with Crippen molar-refractivity contribution in [2.45, 2.75) is 26.3 Å². The summed E-state index contributed by atoms with van der Waals surface area (Å²) in [6, 6.07) is 0. The Morgan fingerprint density at radius 2 is 2.12 bits per heavy atom. The van der Waals surface area contributed by atoms with Gasteiger partial charge >= 0.3 is 0 Å². The van der Waals surface area contributed by atoms with Gasteiger partial charge < -0.3 is 21.1 Å². The Kier molecular flexibility index (Phi) is 4.47. The predicted octanol–water partition coefficient (Wildman–Crippen LogP) is 1.80. The third kappa shape index (κ3) is 2.74. The van der Waals surface area contributed by atoms with Gasteiger partial charge in [-0.25, -0.2) is 4.98 Å². The number of methoxy groups -OCH3 is 1. The topological polar surface area (TPSA) is 103 Å². The molecular formula is C16H21ClN6O. The fraction of sp³-hybridized carbons (Fsp3) is 0.438. The Morgan fingerprint density at radius 3 is 2.79 bits per heavy atom. The maximum atomic E-state index is 6.27. The molecule has 1 aliphatic rings. The van der Waals surface area contributed by atoms with E-state index in [-0.39, 0.29) is 11.9 Å². The Balaban J connectivity index is 1.99. The highest BCUT2D eigenvalue weighted by molar-refractivity contribution is 6.30. The van der Waals surface area contributed by atoms with E-state index in [0.29, 0.717) is 24.8 Å². The zero-order valence-electron chi connectivity index (χ0n) is 14.0. The minimum absolute atomic E-state index is 0.0840. The number of aryl methyl sites for hydroxylation is 1. The highest BCUT2D eigenvalue weighted by atomic mass is 35.5. The summed E-state index contributed by atoms with van der Waals surface area (Å²) in [6.07, 6.45) is 1.82. The van der Waals surface area contributed by atoms with Gasteiger partial charge in [0.2, 0.25) is 5.95 Å². The van der Waals surface area contributed by atoms with Gasteiger partial charge in [-0.3, -0.25) is 4.98 Å². The van der Waals surface area contributed by atoms with Crippen LogP contribution >= 0.6 is 11.6 Å². The van der Waals surface area contributed by atoms with Crippen molar-refractivity contribution in [3.63, 3.8) is 0 Å². The van der Waals surface area contributed by atoms with Crippen LogP contribution in [0.4, 0.5) is 11.8 Å². The molecule has 0 amide bonds. The summed E-state index contributed by atoms with van der Waals surface area (Å²) >= 11 is 6.27. The molecular weight excluding hydrogens is 328 g/mol. The molecule has 0 unspecified atom stereocenters. The van der Waals surface area contributed by atoms with E-state index in [1.807, 2.05) is 20.0 Å². The monoisotopic (exact) mass is 348 g/mol. The fourth-order valence-corrected chi connectivity index (χ4v) is 3.55. The molecule has 0 bridgehead atoms. The summed E-state index contributed by atoms with van der Waals surface area (Å²) in [7, 11) is 1.67. The third-order valence-electron chi connectivity index (χ3n) is 4.42. The third-order valence-corrected chi connectivity index (χ3v) is 4.71. The number of pyridine rings is 1. The first-order chi connectivity index (χ1) is 11.5. The van der Waals surface area contributed by atoms with Crippen LogP contribution in [0, 0.1) is 13.8 Å². The van der Waals surface area contributed by atoms with Gasteiger partial charge in [-0.2, -0.15) is 4.98 Å². The van der Waals surface area contributed by atoms with Crippen LogP contribution < -0.4 is 21.1 Å². The normalized spacial score (nSPS) is 16.4. The largest absolute Gasteiger partial charge is 0.496 e. The molecule has 0 saturated carbocycles. The quantitative estimate of drug-likeness (QED) is 0.812. The maximum absolute atomic E-state index is 6.27.